The Hall–Kier alpha value is -2.64. The molecule has 4 rings (SSSR count). The monoisotopic (exact) mass is 410 g/mol. The van der Waals surface area contributed by atoms with Crippen LogP contribution in [0.15, 0.2) is 48.5 Å². The van der Waals surface area contributed by atoms with Crippen molar-refractivity contribution in [2.75, 3.05) is 38.2 Å². The lowest BCUT2D eigenvalue weighted by atomic mass is 10.1. The zero-order valence-corrected chi connectivity index (χ0v) is 17.8. The van der Waals surface area contributed by atoms with Crippen LogP contribution in [0.3, 0.4) is 0 Å². The first-order valence-corrected chi connectivity index (χ1v) is 10.6. The first kappa shape index (κ1) is 19.7. The van der Waals surface area contributed by atoms with E-state index in [9.17, 15) is 0 Å². The summed E-state index contributed by atoms with van der Waals surface area (Å²) in [6, 6.07) is 16.8. The van der Waals surface area contributed by atoms with E-state index in [1.165, 1.54) is 16.2 Å². The lowest BCUT2D eigenvalue weighted by Gasteiger charge is -2.33. The van der Waals surface area contributed by atoms with E-state index in [0.717, 1.165) is 56.4 Å². The van der Waals surface area contributed by atoms with Crippen LogP contribution in [0.2, 0.25) is 0 Å². The Morgan fingerprint density at radius 3 is 2.38 bits per heavy atom. The van der Waals surface area contributed by atoms with E-state index in [0.29, 0.717) is 4.77 Å². The van der Waals surface area contributed by atoms with Gasteiger partial charge in [0.25, 0.3) is 0 Å². The summed E-state index contributed by atoms with van der Waals surface area (Å²) in [5, 5.41) is 3.39. The molecule has 152 valence electrons. The van der Waals surface area contributed by atoms with Gasteiger partial charge in [0, 0.05) is 11.3 Å². The number of methoxy groups -OCH3 is 1. The maximum atomic E-state index is 5.50. The van der Waals surface area contributed by atoms with Crippen LogP contribution in [0.4, 0.5) is 5.69 Å². The molecule has 1 aromatic heterocycles. The molecule has 1 aliphatic rings. The fourth-order valence-electron chi connectivity index (χ4n) is 3.75. The van der Waals surface area contributed by atoms with E-state index in [-0.39, 0.29) is 0 Å². The van der Waals surface area contributed by atoms with Crippen molar-refractivity contribution in [2.24, 2.45) is 0 Å². The molecule has 1 fully saturated rings. The van der Waals surface area contributed by atoms with Gasteiger partial charge in [0.05, 0.1) is 33.3 Å². The highest BCUT2D eigenvalue weighted by molar-refractivity contribution is 7.71. The highest BCUT2D eigenvalue weighted by atomic mass is 32.1. The van der Waals surface area contributed by atoms with Crippen molar-refractivity contribution in [3.63, 3.8) is 0 Å². The summed E-state index contributed by atoms with van der Waals surface area (Å²) < 4.78 is 7.86. The summed E-state index contributed by atoms with van der Waals surface area (Å²) in [4.78, 5) is 8.50. The number of rotatable bonds is 6. The average Bonchev–Trinajstić information content (AvgIpc) is 3.14. The van der Waals surface area contributed by atoms with Gasteiger partial charge >= 0.3 is 0 Å². The van der Waals surface area contributed by atoms with Crippen molar-refractivity contribution in [3.05, 3.63) is 58.9 Å². The van der Waals surface area contributed by atoms with Crippen molar-refractivity contribution in [1.82, 2.24) is 14.8 Å². The predicted molar refractivity (Wildman–Crippen MR) is 118 cm³/mol. The van der Waals surface area contributed by atoms with Crippen molar-refractivity contribution >= 4 is 17.9 Å². The molecule has 0 radical (unpaired) electrons. The third kappa shape index (κ3) is 4.52. The molecule has 6 nitrogen and oxygen atoms in total. The molecule has 1 aliphatic heterocycles. The number of H-pyrrole nitrogens is 1. The van der Waals surface area contributed by atoms with E-state index < -0.39 is 0 Å². The second-order valence-electron chi connectivity index (χ2n) is 7.43. The summed E-state index contributed by atoms with van der Waals surface area (Å²) >= 11 is 5.50. The number of ether oxygens (including phenoxy) is 1. The van der Waals surface area contributed by atoms with Crippen molar-refractivity contribution < 1.29 is 9.64 Å². The van der Waals surface area contributed by atoms with Gasteiger partial charge in [-0.1, -0.05) is 31.2 Å². The van der Waals surface area contributed by atoms with Crippen LogP contribution in [0.5, 0.6) is 5.75 Å². The van der Waals surface area contributed by atoms with Crippen LogP contribution >= 0.6 is 12.2 Å². The number of nitrogens with zero attached hydrogens (tertiary/aromatic N) is 3. The third-order valence-electron chi connectivity index (χ3n) is 5.60. The lowest BCUT2D eigenvalue weighted by molar-refractivity contribution is -0.924. The Kier molecular flexibility index (Phi) is 5.97. The van der Waals surface area contributed by atoms with Crippen LogP contribution in [-0.2, 0) is 13.1 Å². The molecular weight excluding hydrogens is 382 g/mol. The number of aromatic amines is 1. The molecule has 0 atom stereocenters. The normalized spacial score (nSPS) is 14.9. The maximum absolute atomic E-state index is 5.50. The zero-order chi connectivity index (χ0) is 20.2. The second kappa shape index (κ2) is 8.80. The fraction of sp³-hybridized carbons (Fsp3) is 0.364. The number of aromatic nitrogens is 3. The van der Waals surface area contributed by atoms with Crippen LogP contribution in [0.25, 0.3) is 11.4 Å². The van der Waals surface area contributed by atoms with E-state index in [1.807, 2.05) is 16.8 Å². The molecule has 2 aromatic carbocycles. The minimum absolute atomic E-state index is 0.615. The number of piperazine rings is 1. The highest BCUT2D eigenvalue weighted by Crippen LogP contribution is 2.19. The minimum atomic E-state index is 0.615. The topological polar surface area (TPSA) is 50.5 Å². The summed E-state index contributed by atoms with van der Waals surface area (Å²) in [6.45, 7) is 7.15. The number of quaternary nitrogens is 1. The quantitative estimate of drug-likeness (QED) is 0.613. The van der Waals surface area contributed by atoms with Crippen LogP contribution in [0.1, 0.15) is 12.5 Å². The number of nitrogens with one attached hydrogen (secondary N) is 2. The molecular formula is C22H28N5OS+. The Morgan fingerprint density at radius 1 is 1.07 bits per heavy atom. The molecule has 2 N–H and O–H groups in total. The average molecular weight is 411 g/mol. The predicted octanol–water partition coefficient (Wildman–Crippen LogP) is 2.54. The lowest BCUT2D eigenvalue weighted by Crippen LogP contribution is -3.14. The van der Waals surface area contributed by atoms with E-state index in [4.69, 9.17) is 17.0 Å². The molecule has 0 unspecified atom stereocenters. The van der Waals surface area contributed by atoms with Crippen molar-refractivity contribution in [2.45, 2.75) is 20.0 Å². The van der Waals surface area contributed by atoms with Crippen LogP contribution in [0, 0.1) is 4.77 Å². The van der Waals surface area contributed by atoms with Gasteiger partial charge < -0.3 is 14.5 Å². The standard InChI is InChI=1S/C22H27N5OS/c1-3-17-4-6-18(7-5-17)21-23-22(29)27(24-21)16-25-12-14-26(15-13-25)19-8-10-20(28-2)11-9-19/h4-11H,3,12-16H2,1-2H3,(H,23,24,29)/p+1. The molecule has 0 bridgehead atoms. The van der Waals surface area contributed by atoms with Gasteiger partial charge in [0.1, 0.15) is 5.75 Å². The molecule has 29 heavy (non-hydrogen) atoms. The van der Waals surface area contributed by atoms with Gasteiger partial charge in [-0.25, -0.2) is 4.68 Å². The number of hydrogen-bond donors (Lipinski definition) is 2. The highest BCUT2D eigenvalue weighted by Gasteiger charge is 2.21. The summed E-state index contributed by atoms with van der Waals surface area (Å²) in [6.07, 6.45) is 1.04. The number of aryl methyl sites for hydroxylation is 1. The first-order chi connectivity index (χ1) is 14.2. The molecule has 0 spiro atoms. The van der Waals surface area contributed by atoms with Crippen molar-refractivity contribution in [1.29, 1.82) is 0 Å². The van der Waals surface area contributed by atoms with Gasteiger partial charge in [-0.3, -0.25) is 5.10 Å². The molecule has 1 saturated heterocycles. The molecule has 0 saturated carbocycles. The molecule has 3 aromatic rings. The number of anilines is 1. The Labute approximate surface area is 176 Å². The molecule has 0 aliphatic carbocycles. The SMILES string of the molecule is CCc1ccc(-c2nc(=S)n(C[NH+]3CCN(c4ccc(OC)cc4)CC3)[nH]2)cc1. The van der Waals surface area contributed by atoms with Gasteiger partial charge in [-0.15, -0.1) is 0 Å². The second-order valence-corrected chi connectivity index (χ2v) is 7.79. The first-order valence-electron chi connectivity index (χ1n) is 10.1. The smallest absolute Gasteiger partial charge is 0.221 e. The van der Waals surface area contributed by atoms with Gasteiger partial charge in [-0.2, -0.15) is 4.98 Å². The number of hydrogen-bond acceptors (Lipinski definition) is 4. The molecule has 2 heterocycles. The zero-order valence-electron chi connectivity index (χ0n) is 17.0. The third-order valence-corrected chi connectivity index (χ3v) is 5.92. The van der Waals surface area contributed by atoms with Crippen LogP contribution < -0.4 is 14.5 Å². The van der Waals surface area contributed by atoms with Crippen LogP contribution in [-0.4, -0.2) is 48.1 Å². The van der Waals surface area contributed by atoms with Gasteiger partial charge in [0.2, 0.25) is 4.77 Å². The van der Waals surface area contributed by atoms with Gasteiger partial charge in [-0.05, 0) is 48.5 Å². The largest absolute Gasteiger partial charge is 0.497 e. The van der Waals surface area contributed by atoms with Crippen molar-refractivity contribution in [3.8, 4) is 17.1 Å². The summed E-state index contributed by atoms with van der Waals surface area (Å²) in [5.41, 5.74) is 3.65. The minimum Gasteiger partial charge on any atom is -0.497 e. The van der Waals surface area contributed by atoms with E-state index in [1.54, 1.807) is 7.11 Å². The summed E-state index contributed by atoms with van der Waals surface area (Å²) in [5.74, 6) is 1.74. The summed E-state index contributed by atoms with van der Waals surface area (Å²) in [7, 11) is 1.70. The molecule has 7 heteroatoms. The Balaban J connectivity index is 1.37. The molecule has 0 amide bonds. The van der Waals surface area contributed by atoms with E-state index >= 15 is 0 Å². The Morgan fingerprint density at radius 2 is 1.76 bits per heavy atom. The van der Waals surface area contributed by atoms with Gasteiger partial charge in [0.15, 0.2) is 12.5 Å². The Bertz CT molecular complexity index is 985. The van der Waals surface area contributed by atoms with E-state index in [2.05, 4.69) is 58.3 Å². The maximum Gasteiger partial charge on any atom is 0.221 e. The number of benzene rings is 2. The fourth-order valence-corrected chi connectivity index (χ4v) is 3.95.